The third-order valence-electron chi connectivity index (χ3n) is 3.97. The van der Waals surface area contributed by atoms with E-state index in [1.165, 1.54) is 30.3 Å². The highest BCUT2D eigenvalue weighted by Gasteiger charge is 2.20. The minimum atomic E-state index is -3.98. The number of nitrogens with one attached hydrogen (secondary N) is 1. The molecule has 2 aromatic carbocycles. The predicted molar refractivity (Wildman–Crippen MR) is 104 cm³/mol. The first-order valence-electron chi connectivity index (χ1n) is 8.69. The van der Waals surface area contributed by atoms with Gasteiger partial charge in [-0.15, -0.1) is 0 Å². The summed E-state index contributed by atoms with van der Waals surface area (Å²) in [4.78, 5) is 23.7. The summed E-state index contributed by atoms with van der Waals surface area (Å²) in [7, 11) is -3.98. The number of esters is 1. The summed E-state index contributed by atoms with van der Waals surface area (Å²) < 4.78 is 42.7. The van der Waals surface area contributed by atoms with Crippen LogP contribution < -0.4 is 14.2 Å². The molecule has 0 saturated carbocycles. The fourth-order valence-corrected chi connectivity index (χ4v) is 3.57. The highest BCUT2D eigenvalue weighted by atomic mass is 35.5. The first kappa shape index (κ1) is 21.1. The molecule has 0 saturated heterocycles. The van der Waals surface area contributed by atoms with E-state index in [9.17, 15) is 18.0 Å². The Labute approximate surface area is 172 Å². The largest absolute Gasteiger partial charge is 0.490 e. The first-order chi connectivity index (χ1) is 13.8. The summed E-state index contributed by atoms with van der Waals surface area (Å²) in [5, 5.41) is 0.475. The number of carbonyl (C=O) groups is 2. The second-order valence-electron chi connectivity index (χ2n) is 6.07. The van der Waals surface area contributed by atoms with Gasteiger partial charge in [0.2, 0.25) is 10.0 Å². The molecule has 1 heterocycles. The third-order valence-corrected chi connectivity index (χ3v) is 5.62. The molecule has 3 rings (SSSR count). The number of rotatable bonds is 7. The molecule has 0 unspecified atom stereocenters. The Morgan fingerprint density at radius 2 is 1.72 bits per heavy atom. The van der Waals surface area contributed by atoms with Crippen LogP contribution in [0.5, 0.6) is 11.5 Å². The van der Waals surface area contributed by atoms with Crippen molar-refractivity contribution >= 4 is 33.4 Å². The lowest BCUT2D eigenvalue weighted by Crippen LogP contribution is -2.31. The normalized spacial score (nSPS) is 13.4. The molecule has 154 valence electrons. The maximum atomic E-state index is 12.4. The van der Waals surface area contributed by atoms with Gasteiger partial charge in [0.1, 0.15) is 6.54 Å². The van der Waals surface area contributed by atoms with Gasteiger partial charge in [-0.2, -0.15) is 4.72 Å². The van der Waals surface area contributed by atoms with Crippen LogP contribution in [0, 0.1) is 0 Å². The van der Waals surface area contributed by atoms with E-state index in [0.29, 0.717) is 41.7 Å². The second-order valence-corrected chi connectivity index (χ2v) is 8.28. The SMILES string of the molecule is O=C(CNS(=O)(=O)c1ccc2c(c1)OCCCO2)OCC(=O)c1ccc(Cl)cc1. The summed E-state index contributed by atoms with van der Waals surface area (Å²) >= 11 is 5.75. The molecule has 8 nitrogen and oxygen atoms in total. The Bertz CT molecular complexity index is 1010. The van der Waals surface area contributed by atoms with E-state index in [-0.39, 0.29) is 4.90 Å². The predicted octanol–water partition coefficient (Wildman–Crippen LogP) is 2.21. The Hall–Kier alpha value is -2.62. The Morgan fingerprint density at radius 3 is 2.45 bits per heavy atom. The van der Waals surface area contributed by atoms with E-state index in [4.69, 9.17) is 25.8 Å². The molecule has 1 aliphatic rings. The number of hydrogen-bond acceptors (Lipinski definition) is 7. The van der Waals surface area contributed by atoms with Crippen molar-refractivity contribution in [2.45, 2.75) is 11.3 Å². The van der Waals surface area contributed by atoms with Gasteiger partial charge in [-0.25, -0.2) is 8.42 Å². The van der Waals surface area contributed by atoms with Crippen LogP contribution in [0.2, 0.25) is 5.02 Å². The molecule has 10 heteroatoms. The van der Waals surface area contributed by atoms with Gasteiger partial charge in [0.25, 0.3) is 0 Å². The summed E-state index contributed by atoms with van der Waals surface area (Å²) in [5.41, 5.74) is 0.329. The zero-order valence-corrected chi connectivity index (χ0v) is 16.8. The minimum absolute atomic E-state index is 0.0770. The highest BCUT2D eigenvalue weighted by molar-refractivity contribution is 7.89. The van der Waals surface area contributed by atoms with Crippen LogP contribution in [0.4, 0.5) is 0 Å². The highest BCUT2D eigenvalue weighted by Crippen LogP contribution is 2.31. The lowest BCUT2D eigenvalue weighted by atomic mass is 10.1. The molecular formula is C19H18ClNO7S. The fraction of sp³-hybridized carbons (Fsp3) is 0.263. The molecule has 0 amide bonds. The Balaban J connectivity index is 1.54. The van der Waals surface area contributed by atoms with Crippen molar-refractivity contribution in [3.05, 3.63) is 53.1 Å². The zero-order valence-electron chi connectivity index (χ0n) is 15.2. The number of carbonyl (C=O) groups excluding carboxylic acids is 2. The summed E-state index contributed by atoms with van der Waals surface area (Å²) in [5.74, 6) is -0.533. The monoisotopic (exact) mass is 439 g/mol. The molecule has 0 bridgehead atoms. The van der Waals surface area contributed by atoms with Gasteiger partial charge in [0, 0.05) is 23.1 Å². The van der Waals surface area contributed by atoms with Crippen molar-refractivity contribution in [2.24, 2.45) is 0 Å². The van der Waals surface area contributed by atoms with Gasteiger partial charge in [-0.1, -0.05) is 11.6 Å². The van der Waals surface area contributed by atoms with E-state index >= 15 is 0 Å². The van der Waals surface area contributed by atoms with Crippen LogP contribution in [0.15, 0.2) is 47.4 Å². The average Bonchev–Trinajstić information content (AvgIpc) is 2.96. The number of benzene rings is 2. The molecule has 0 fully saturated rings. The summed E-state index contributed by atoms with van der Waals surface area (Å²) in [6.45, 7) is -0.229. The molecule has 0 aliphatic carbocycles. The number of halogens is 1. The molecule has 0 spiro atoms. The summed E-state index contributed by atoms with van der Waals surface area (Å²) in [6.07, 6.45) is 0.690. The quantitative estimate of drug-likeness (QED) is 0.520. The van der Waals surface area contributed by atoms with Gasteiger partial charge in [-0.3, -0.25) is 9.59 Å². The van der Waals surface area contributed by atoms with E-state index in [2.05, 4.69) is 4.72 Å². The van der Waals surface area contributed by atoms with Gasteiger partial charge in [0.05, 0.1) is 18.1 Å². The van der Waals surface area contributed by atoms with Crippen molar-refractivity contribution in [2.75, 3.05) is 26.4 Å². The van der Waals surface area contributed by atoms with Crippen molar-refractivity contribution in [3.8, 4) is 11.5 Å². The number of ketones is 1. The molecule has 0 atom stereocenters. The fourth-order valence-electron chi connectivity index (χ4n) is 2.46. The standard InChI is InChI=1S/C19H18ClNO7S/c20-14-4-2-13(3-5-14)16(22)12-28-19(23)11-21-29(24,25)15-6-7-17-18(10-15)27-9-1-8-26-17/h2-7,10,21H,1,8-9,11-12H2. The van der Waals surface area contributed by atoms with Crippen LogP contribution in [-0.4, -0.2) is 46.5 Å². The van der Waals surface area contributed by atoms with Crippen LogP contribution >= 0.6 is 11.6 Å². The smallest absolute Gasteiger partial charge is 0.321 e. The maximum absolute atomic E-state index is 12.4. The molecular weight excluding hydrogens is 422 g/mol. The van der Waals surface area contributed by atoms with Gasteiger partial charge < -0.3 is 14.2 Å². The van der Waals surface area contributed by atoms with Crippen LogP contribution in [0.3, 0.4) is 0 Å². The van der Waals surface area contributed by atoms with Crippen LogP contribution in [-0.2, 0) is 19.6 Å². The first-order valence-corrected chi connectivity index (χ1v) is 10.5. The Morgan fingerprint density at radius 1 is 1.03 bits per heavy atom. The van der Waals surface area contributed by atoms with Crippen molar-refractivity contribution in [1.82, 2.24) is 4.72 Å². The van der Waals surface area contributed by atoms with Gasteiger partial charge >= 0.3 is 5.97 Å². The van der Waals surface area contributed by atoms with E-state index < -0.39 is 34.9 Å². The van der Waals surface area contributed by atoms with Crippen molar-refractivity contribution < 1.29 is 32.2 Å². The van der Waals surface area contributed by atoms with Crippen LogP contribution in [0.1, 0.15) is 16.8 Å². The van der Waals surface area contributed by atoms with Crippen molar-refractivity contribution in [3.63, 3.8) is 0 Å². The van der Waals surface area contributed by atoms with E-state index in [1.54, 1.807) is 12.1 Å². The lowest BCUT2D eigenvalue weighted by molar-refractivity contribution is -0.141. The van der Waals surface area contributed by atoms with E-state index in [1.807, 2.05) is 0 Å². The molecule has 1 N–H and O–H groups in total. The number of fused-ring (bicyclic) bond motifs is 1. The Kier molecular flexibility index (Phi) is 6.73. The molecule has 0 aromatic heterocycles. The van der Waals surface area contributed by atoms with Crippen LogP contribution in [0.25, 0.3) is 0 Å². The number of hydrogen-bond donors (Lipinski definition) is 1. The molecule has 29 heavy (non-hydrogen) atoms. The molecule has 1 aliphatic heterocycles. The summed E-state index contributed by atoms with van der Waals surface area (Å²) in [6, 6.07) is 10.3. The number of Topliss-reactive ketones (excluding diaryl/α,β-unsaturated/α-hetero) is 1. The average molecular weight is 440 g/mol. The molecule has 0 radical (unpaired) electrons. The molecule has 2 aromatic rings. The van der Waals surface area contributed by atoms with Gasteiger partial charge in [0.15, 0.2) is 23.9 Å². The number of ether oxygens (including phenoxy) is 3. The second kappa shape index (κ2) is 9.25. The minimum Gasteiger partial charge on any atom is -0.490 e. The topological polar surface area (TPSA) is 108 Å². The van der Waals surface area contributed by atoms with Gasteiger partial charge in [-0.05, 0) is 36.4 Å². The zero-order chi connectivity index (χ0) is 20.9. The van der Waals surface area contributed by atoms with Crippen molar-refractivity contribution in [1.29, 1.82) is 0 Å². The number of sulfonamides is 1. The maximum Gasteiger partial charge on any atom is 0.321 e. The van der Waals surface area contributed by atoms with E-state index in [0.717, 1.165) is 0 Å². The third kappa shape index (κ3) is 5.69. The lowest BCUT2D eigenvalue weighted by Gasteiger charge is -2.11.